The first-order valence-electron chi connectivity index (χ1n) is 10.2. The maximum atomic E-state index is 12.7. The number of oxazole rings is 1. The Balaban J connectivity index is 1.24. The van der Waals surface area contributed by atoms with Crippen molar-refractivity contribution < 1.29 is 22.3 Å². The predicted octanol–water partition coefficient (Wildman–Crippen LogP) is 5.55. The SMILES string of the molecule is FC(F)(F)c1ccc(-c2nc(COc3ccc(CCCCn4ccnn4)cc3)co2)cc1. The number of benzene rings is 2. The summed E-state index contributed by atoms with van der Waals surface area (Å²) in [4.78, 5) is 4.29. The maximum Gasteiger partial charge on any atom is 0.416 e. The molecule has 0 spiro atoms. The summed E-state index contributed by atoms with van der Waals surface area (Å²) in [5.41, 5.74) is 1.53. The van der Waals surface area contributed by atoms with Crippen molar-refractivity contribution in [3.8, 4) is 17.2 Å². The fourth-order valence-electron chi connectivity index (χ4n) is 3.17. The van der Waals surface area contributed by atoms with Gasteiger partial charge in [0.1, 0.15) is 24.3 Å². The van der Waals surface area contributed by atoms with E-state index in [1.165, 1.54) is 24.0 Å². The van der Waals surface area contributed by atoms with Crippen molar-refractivity contribution in [1.29, 1.82) is 0 Å². The molecule has 0 amide bonds. The molecule has 0 aliphatic rings. The Morgan fingerprint density at radius 2 is 1.75 bits per heavy atom. The van der Waals surface area contributed by atoms with Gasteiger partial charge < -0.3 is 9.15 Å². The highest BCUT2D eigenvalue weighted by atomic mass is 19.4. The Bertz CT molecular complexity index is 1110. The maximum absolute atomic E-state index is 12.7. The third-order valence-electron chi connectivity index (χ3n) is 4.90. The minimum Gasteiger partial charge on any atom is -0.487 e. The minimum absolute atomic E-state index is 0.196. The Labute approximate surface area is 182 Å². The summed E-state index contributed by atoms with van der Waals surface area (Å²) in [6.45, 7) is 1.05. The first kappa shape index (κ1) is 21.6. The van der Waals surface area contributed by atoms with Gasteiger partial charge in [0.15, 0.2) is 0 Å². The Hall–Kier alpha value is -3.62. The number of hydrogen-bond donors (Lipinski definition) is 0. The summed E-state index contributed by atoms with van der Waals surface area (Å²) in [7, 11) is 0. The second kappa shape index (κ2) is 9.67. The molecule has 0 aliphatic heterocycles. The van der Waals surface area contributed by atoms with Gasteiger partial charge in [-0.1, -0.05) is 17.3 Å². The van der Waals surface area contributed by atoms with Gasteiger partial charge in [0.2, 0.25) is 5.89 Å². The molecule has 0 radical (unpaired) electrons. The molecule has 4 rings (SSSR count). The molecule has 9 heteroatoms. The smallest absolute Gasteiger partial charge is 0.416 e. The molecule has 6 nitrogen and oxygen atoms in total. The van der Waals surface area contributed by atoms with Crippen LogP contribution < -0.4 is 4.74 Å². The van der Waals surface area contributed by atoms with Crippen molar-refractivity contribution in [2.45, 2.75) is 38.6 Å². The molecular formula is C23H21F3N4O2. The second-order valence-electron chi connectivity index (χ2n) is 7.27. The molecule has 0 aliphatic carbocycles. The molecule has 0 N–H and O–H groups in total. The van der Waals surface area contributed by atoms with Crippen molar-refractivity contribution in [3.63, 3.8) is 0 Å². The van der Waals surface area contributed by atoms with Gasteiger partial charge in [-0.15, -0.1) is 5.10 Å². The number of alkyl halides is 3. The fourth-order valence-corrected chi connectivity index (χ4v) is 3.17. The van der Waals surface area contributed by atoms with E-state index in [-0.39, 0.29) is 12.5 Å². The zero-order chi connectivity index (χ0) is 22.4. The first-order chi connectivity index (χ1) is 15.5. The van der Waals surface area contributed by atoms with E-state index in [1.807, 2.05) is 35.1 Å². The quantitative estimate of drug-likeness (QED) is 0.318. The average molecular weight is 442 g/mol. The van der Waals surface area contributed by atoms with Crippen LogP contribution >= 0.6 is 0 Å². The number of hydrogen-bond acceptors (Lipinski definition) is 5. The summed E-state index contributed by atoms with van der Waals surface area (Å²) in [5.74, 6) is 0.953. The molecule has 0 saturated heterocycles. The zero-order valence-corrected chi connectivity index (χ0v) is 17.1. The molecule has 0 atom stereocenters. The summed E-state index contributed by atoms with van der Waals surface area (Å²) in [6, 6.07) is 12.6. The molecule has 0 saturated carbocycles. The number of aromatic nitrogens is 4. The normalized spacial score (nSPS) is 11.6. The first-order valence-corrected chi connectivity index (χ1v) is 10.2. The summed E-state index contributed by atoms with van der Waals surface area (Å²) in [6.07, 6.45) is 3.63. The van der Waals surface area contributed by atoms with E-state index in [1.54, 1.807) is 6.20 Å². The van der Waals surface area contributed by atoms with Crippen LogP contribution in [0.2, 0.25) is 0 Å². The number of halogens is 3. The minimum atomic E-state index is -4.37. The van der Waals surface area contributed by atoms with E-state index < -0.39 is 11.7 Å². The van der Waals surface area contributed by atoms with Gasteiger partial charge in [0.25, 0.3) is 0 Å². The van der Waals surface area contributed by atoms with E-state index in [0.29, 0.717) is 17.0 Å². The lowest BCUT2D eigenvalue weighted by Crippen LogP contribution is -2.04. The third kappa shape index (κ3) is 5.75. The number of rotatable bonds is 9. The summed E-state index contributed by atoms with van der Waals surface area (Å²) in [5, 5.41) is 7.73. The van der Waals surface area contributed by atoms with Crippen molar-refractivity contribution in [2.75, 3.05) is 0 Å². The van der Waals surface area contributed by atoms with Crippen LogP contribution in [0.5, 0.6) is 5.75 Å². The van der Waals surface area contributed by atoms with E-state index >= 15 is 0 Å². The van der Waals surface area contributed by atoms with Gasteiger partial charge in [-0.25, -0.2) is 4.98 Å². The van der Waals surface area contributed by atoms with Crippen LogP contribution in [0, 0.1) is 0 Å². The van der Waals surface area contributed by atoms with Gasteiger partial charge in [0.05, 0.1) is 11.8 Å². The van der Waals surface area contributed by atoms with Crippen molar-refractivity contribution in [3.05, 3.63) is 84.0 Å². The van der Waals surface area contributed by atoms with Gasteiger partial charge in [-0.05, 0) is 61.2 Å². The Morgan fingerprint density at radius 3 is 2.44 bits per heavy atom. The zero-order valence-electron chi connectivity index (χ0n) is 17.1. The molecular weight excluding hydrogens is 421 g/mol. The van der Waals surface area contributed by atoms with Crippen LogP contribution in [0.4, 0.5) is 13.2 Å². The lowest BCUT2D eigenvalue weighted by atomic mass is 10.1. The number of aryl methyl sites for hydroxylation is 2. The molecule has 32 heavy (non-hydrogen) atoms. The van der Waals surface area contributed by atoms with E-state index in [2.05, 4.69) is 15.3 Å². The van der Waals surface area contributed by atoms with Gasteiger partial charge >= 0.3 is 6.18 Å². The lowest BCUT2D eigenvalue weighted by molar-refractivity contribution is -0.137. The standard InChI is InChI=1S/C23H21F3N4O2/c24-23(25,26)19-8-6-18(7-9-19)22-28-20(16-32-22)15-31-21-10-4-17(5-11-21)3-1-2-13-30-14-12-27-29-30/h4-12,14,16H,1-3,13,15H2. The average Bonchev–Trinajstić information content (AvgIpc) is 3.48. The van der Waals surface area contributed by atoms with E-state index in [9.17, 15) is 13.2 Å². The number of unbranched alkanes of at least 4 members (excludes halogenated alkanes) is 1. The van der Waals surface area contributed by atoms with Gasteiger partial charge in [-0.2, -0.15) is 13.2 Å². The van der Waals surface area contributed by atoms with Crippen LogP contribution in [0.25, 0.3) is 11.5 Å². The molecule has 2 aromatic carbocycles. The Kier molecular flexibility index (Phi) is 6.53. The van der Waals surface area contributed by atoms with Crippen LogP contribution in [-0.4, -0.2) is 20.0 Å². The fraction of sp³-hybridized carbons (Fsp3) is 0.261. The topological polar surface area (TPSA) is 66.0 Å². The van der Waals surface area contributed by atoms with Crippen LogP contribution in [0.1, 0.15) is 29.7 Å². The van der Waals surface area contributed by atoms with Gasteiger partial charge in [0, 0.05) is 18.3 Å². The molecule has 2 heterocycles. The molecule has 166 valence electrons. The van der Waals surface area contributed by atoms with Crippen molar-refractivity contribution in [2.24, 2.45) is 0 Å². The van der Waals surface area contributed by atoms with Crippen LogP contribution in [-0.2, 0) is 25.7 Å². The molecule has 2 aromatic heterocycles. The number of ether oxygens (including phenoxy) is 1. The highest BCUT2D eigenvalue weighted by molar-refractivity contribution is 5.54. The van der Waals surface area contributed by atoms with Crippen molar-refractivity contribution >= 4 is 0 Å². The third-order valence-corrected chi connectivity index (χ3v) is 4.90. The Morgan fingerprint density at radius 1 is 0.969 bits per heavy atom. The monoisotopic (exact) mass is 442 g/mol. The van der Waals surface area contributed by atoms with Gasteiger partial charge in [-0.3, -0.25) is 4.68 Å². The van der Waals surface area contributed by atoms with Crippen LogP contribution in [0.3, 0.4) is 0 Å². The summed E-state index contributed by atoms with van der Waals surface area (Å²) >= 11 is 0. The lowest BCUT2D eigenvalue weighted by Gasteiger charge is -2.06. The van der Waals surface area contributed by atoms with Crippen LogP contribution in [0.15, 0.2) is 71.6 Å². The van der Waals surface area contributed by atoms with E-state index in [0.717, 1.165) is 37.9 Å². The molecule has 0 bridgehead atoms. The van der Waals surface area contributed by atoms with Crippen molar-refractivity contribution in [1.82, 2.24) is 20.0 Å². The largest absolute Gasteiger partial charge is 0.487 e. The molecule has 0 unspecified atom stereocenters. The summed E-state index contributed by atoms with van der Waals surface area (Å²) < 4.78 is 51.0. The highest BCUT2D eigenvalue weighted by Gasteiger charge is 2.30. The molecule has 0 fully saturated rings. The predicted molar refractivity (Wildman–Crippen MR) is 111 cm³/mol. The molecule has 4 aromatic rings. The van der Waals surface area contributed by atoms with E-state index in [4.69, 9.17) is 9.15 Å². The number of nitrogens with zero attached hydrogens (tertiary/aromatic N) is 4. The highest BCUT2D eigenvalue weighted by Crippen LogP contribution is 2.30. The second-order valence-corrected chi connectivity index (χ2v) is 7.27.